The molecular formula is C27H34N4O. The first-order valence-corrected chi connectivity index (χ1v) is 12.0. The van der Waals surface area contributed by atoms with E-state index in [9.17, 15) is 4.79 Å². The molecule has 32 heavy (non-hydrogen) atoms. The molecule has 1 aromatic heterocycles. The van der Waals surface area contributed by atoms with Gasteiger partial charge in [-0.2, -0.15) is 0 Å². The Morgan fingerprint density at radius 1 is 0.906 bits per heavy atom. The van der Waals surface area contributed by atoms with E-state index in [1.165, 1.54) is 24.2 Å². The molecule has 3 aromatic rings. The number of likely N-dealkylation sites (tertiary alicyclic amines) is 1. The van der Waals surface area contributed by atoms with Crippen LogP contribution in [0.1, 0.15) is 34.3 Å². The molecule has 5 rings (SSSR count). The summed E-state index contributed by atoms with van der Waals surface area (Å²) in [5.41, 5.74) is 4.66. The molecule has 5 nitrogen and oxygen atoms in total. The zero-order valence-electron chi connectivity index (χ0n) is 19.1. The van der Waals surface area contributed by atoms with Crippen molar-refractivity contribution in [2.45, 2.75) is 25.8 Å². The average Bonchev–Trinajstić information content (AvgIpc) is 3.30. The number of carbonyl (C=O) groups excluding carboxylic acids is 1. The molecule has 0 unspecified atom stereocenters. The van der Waals surface area contributed by atoms with Crippen LogP contribution in [-0.4, -0.2) is 71.9 Å². The van der Waals surface area contributed by atoms with Crippen LogP contribution in [0, 0.1) is 5.92 Å². The Balaban J connectivity index is 1.11. The Bertz CT molecular complexity index is 1040. The maximum atomic E-state index is 13.0. The van der Waals surface area contributed by atoms with E-state index in [-0.39, 0.29) is 5.91 Å². The van der Waals surface area contributed by atoms with E-state index in [2.05, 4.69) is 46.1 Å². The summed E-state index contributed by atoms with van der Waals surface area (Å²) in [5.74, 6) is 0.821. The van der Waals surface area contributed by atoms with Gasteiger partial charge >= 0.3 is 0 Å². The summed E-state index contributed by atoms with van der Waals surface area (Å²) >= 11 is 0. The highest BCUT2D eigenvalue weighted by Crippen LogP contribution is 2.24. The molecule has 2 saturated heterocycles. The lowest BCUT2D eigenvalue weighted by Crippen LogP contribution is -2.43. The Morgan fingerprint density at radius 2 is 1.62 bits per heavy atom. The SMILES string of the molecule is CN1CCN(Cc2ccc(CC3CCN(C(=O)c4ccc5cc[nH]c5c4)CC3)cc2)CC1. The topological polar surface area (TPSA) is 42.6 Å². The van der Waals surface area contributed by atoms with E-state index in [1.807, 2.05) is 35.4 Å². The largest absolute Gasteiger partial charge is 0.361 e. The number of amides is 1. The lowest BCUT2D eigenvalue weighted by atomic mass is 9.89. The average molecular weight is 431 g/mol. The number of hydrogen-bond acceptors (Lipinski definition) is 3. The van der Waals surface area contributed by atoms with Crippen molar-refractivity contribution in [3.05, 3.63) is 71.4 Å². The van der Waals surface area contributed by atoms with Gasteiger partial charge in [0, 0.05) is 63.1 Å². The molecule has 0 saturated carbocycles. The maximum absolute atomic E-state index is 13.0. The summed E-state index contributed by atoms with van der Waals surface area (Å²) in [4.78, 5) is 23.1. The number of nitrogens with one attached hydrogen (secondary N) is 1. The second-order valence-corrected chi connectivity index (χ2v) is 9.62. The minimum Gasteiger partial charge on any atom is -0.361 e. The Kier molecular flexibility index (Phi) is 6.28. The summed E-state index contributed by atoms with van der Waals surface area (Å²) < 4.78 is 0. The fourth-order valence-electron chi connectivity index (χ4n) is 5.08. The van der Waals surface area contributed by atoms with Crippen LogP contribution in [0.2, 0.25) is 0 Å². The lowest BCUT2D eigenvalue weighted by molar-refractivity contribution is 0.0690. The van der Waals surface area contributed by atoms with Crippen molar-refractivity contribution < 1.29 is 4.79 Å². The zero-order valence-corrected chi connectivity index (χ0v) is 19.1. The number of likely N-dealkylation sites (N-methyl/N-ethyl adjacent to an activating group) is 1. The molecule has 0 aliphatic carbocycles. The van der Waals surface area contributed by atoms with E-state index in [4.69, 9.17) is 0 Å². The maximum Gasteiger partial charge on any atom is 0.253 e. The molecular weight excluding hydrogens is 396 g/mol. The third kappa shape index (κ3) is 4.89. The van der Waals surface area contributed by atoms with Gasteiger partial charge in [0.25, 0.3) is 5.91 Å². The van der Waals surface area contributed by atoms with Gasteiger partial charge in [-0.1, -0.05) is 30.3 Å². The van der Waals surface area contributed by atoms with E-state index >= 15 is 0 Å². The van der Waals surface area contributed by atoms with Crippen LogP contribution in [0.4, 0.5) is 0 Å². The van der Waals surface area contributed by atoms with Crippen molar-refractivity contribution in [2.75, 3.05) is 46.3 Å². The van der Waals surface area contributed by atoms with Crippen molar-refractivity contribution >= 4 is 16.8 Å². The summed E-state index contributed by atoms with van der Waals surface area (Å²) in [5, 5.41) is 1.15. The molecule has 3 heterocycles. The van der Waals surface area contributed by atoms with Gasteiger partial charge in [0.15, 0.2) is 0 Å². The van der Waals surface area contributed by atoms with Crippen LogP contribution in [0.5, 0.6) is 0 Å². The van der Waals surface area contributed by atoms with Gasteiger partial charge in [-0.3, -0.25) is 9.69 Å². The van der Waals surface area contributed by atoms with E-state index < -0.39 is 0 Å². The van der Waals surface area contributed by atoms with Crippen molar-refractivity contribution in [1.82, 2.24) is 19.7 Å². The first-order chi connectivity index (χ1) is 15.6. The highest BCUT2D eigenvalue weighted by Gasteiger charge is 2.24. The van der Waals surface area contributed by atoms with Crippen molar-refractivity contribution in [2.24, 2.45) is 5.92 Å². The van der Waals surface area contributed by atoms with E-state index in [1.54, 1.807) is 0 Å². The number of piperidine rings is 1. The van der Waals surface area contributed by atoms with Crippen molar-refractivity contribution in [3.63, 3.8) is 0 Å². The highest BCUT2D eigenvalue weighted by atomic mass is 16.2. The normalized spacial score (nSPS) is 19.0. The van der Waals surface area contributed by atoms with Gasteiger partial charge in [0.1, 0.15) is 0 Å². The summed E-state index contributed by atoms with van der Waals surface area (Å²) in [6.45, 7) is 7.42. The minimum atomic E-state index is 0.160. The third-order valence-corrected chi connectivity index (χ3v) is 7.25. The van der Waals surface area contributed by atoms with Crippen LogP contribution in [0.15, 0.2) is 54.7 Å². The van der Waals surface area contributed by atoms with Crippen molar-refractivity contribution in [3.8, 4) is 0 Å². The molecule has 2 aromatic carbocycles. The van der Waals surface area contributed by atoms with Crippen LogP contribution < -0.4 is 0 Å². The molecule has 168 valence electrons. The number of nitrogens with zero attached hydrogens (tertiary/aromatic N) is 3. The Hall–Kier alpha value is -2.63. The van der Waals surface area contributed by atoms with E-state index in [0.29, 0.717) is 5.92 Å². The minimum absolute atomic E-state index is 0.160. The number of piperazine rings is 1. The number of aromatic amines is 1. The number of rotatable bonds is 5. The summed E-state index contributed by atoms with van der Waals surface area (Å²) in [6.07, 6.45) is 5.20. The zero-order chi connectivity index (χ0) is 21.9. The van der Waals surface area contributed by atoms with Gasteiger partial charge in [-0.15, -0.1) is 0 Å². The fourth-order valence-corrected chi connectivity index (χ4v) is 5.08. The quantitative estimate of drug-likeness (QED) is 0.665. The first kappa shape index (κ1) is 21.2. The molecule has 2 aliphatic heterocycles. The molecule has 1 N–H and O–H groups in total. The summed E-state index contributed by atoms with van der Waals surface area (Å²) in [7, 11) is 2.20. The predicted molar refractivity (Wildman–Crippen MR) is 130 cm³/mol. The Labute approximate surface area is 191 Å². The molecule has 1 amide bonds. The second kappa shape index (κ2) is 9.47. The molecule has 2 aliphatic rings. The lowest BCUT2D eigenvalue weighted by Gasteiger charge is -2.32. The molecule has 5 heteroatoms. The Morgan fingerprint density at radius 3 is 2.38 bits per heavy atom. The molecule has 2 fully saturated rings. The number of carbonyl (C=O) groups is 1. The first-order valence-electron chi connectivity index (χ1n) is 12.0. The van der Waals surface area contributed by atoms with Crippen molar-refractivity contribution in [1.29, 1.82) is 0 Å². The van der Waals surface area contributed by atoms with Crippen LogP contribution in [0.25, 0.3) is 10.9 Å². The number of H-pyrrole nitrogens is 1. The van der Waals surface area contributed by atoms with Gasteiger partial charge in [-0.05, 0) is 66.9 Å². The summed E-state index contributed by atoms with van der Waals surface area (Å²) in [6, 6.07) is 17.2. The fraction of sp³-hybridized carbons (Fsp3) is 0.444. The van der Waals surface area contributed by atoms with Gasteiger partial charge in [0.2, 0.25) is 0 Å². The molecule has 0 atom stereocenters. The van der Waals surface area contributed by atoms with E-state index in [0.717, 1.165) is 68.5 Å². The van der Waals surface area contributed by atoms with Gasteiger partial charge in [0.05, 0.1) is 0 Å². The van der Waals surface area contributed by atoms with Crippen LogP contribution in [-0.2, 0) is 13.0 Å². The van der Waals surface area contributed by atoms with Gasteiger partial charge in [-0.25, -0.2) is 0 Å². The second-order valence-electron chi connectivity index (χ2n) is 9.62. The number of benzene rings is 2. The molecule has 0 spiro atoms. The van der Waals surface area contributed by atoms with Gasteiger partial charge < -0.3 is 14.8 Å². The standard InChI is InChI=1S/C27H34N4O/c1-29-14-16-30(17-15-29)20-23-4-2-21(3-5-23)18-22-9-12-31(13-10-22)27(32)25-7-6-24-8-11-28-26(24)19-25/h2-8,11,19,22,28H,9-10,12-18,20H2,1H3. The predicted octanol–water partition coefficient (Wildman–Crippen LogP) is 4.01. The molecule has 0 radical (unpaired) electrons. The number of fused-ring (bicyclic) bond motifs is 1. The third-order valence-electron chi connectivity index (χ3n) is 7.25. The number of aromatic nitrogens is 1. The van der Waals surface area contributed by atoms with Crippen LogP contribution >= 0.6 is 0 Å². The number of hydrogen-bond donors (Lipinski definition) is 1. The highest BCUT2D eigenvalue weighted by molar-refractivity contribution is 5.98. The molecule has 0 bridgehead atoms. The monoisotopic (exact) mass is 430 g/mol. The smallest absolute Gasteiger partial charge is 0.253 e. The van der Waals surface area contributed by atoms with Crippen LogP contribution in [0.3, 0.4) is 0 Å².